The summed E-state index contributed by atoms with van der Waals surface area (Å²) in [6.07, 6.45) is 11.5. The van der Waals surface area contributed by atoms with E-state index >= 15 is 0 Å². The fourth-order valence-electron chi connectivity index (χ4n) is 2.02. The molecule has 0 fully saturated rings. The minimum atomic E-state index is -0.191. The number of hydrogen-bond donors (Lipinski definition) is 2. The van der Waals surface area contributed by atoms with E-state index in [1.54, 1.807) is 0 Å². The van der Waals surface area contributed by atoms with Crippen LogP contribution in [0.1, 0.15) is 77.6 Å². The van der Waals surface area contributed by atoms with E-state index in [9.17, 15) is 4.79 Å². The van der Waals surface area contributed by atoms with Gasteiger partial charge in [-0.2, -0.15) is 0 Å². The van der Waals surface area contributed by atoms with Gasteiger partial charge < -0.3 is 10.8 Å². The van der Waals surface area contributed by atoms with Crippen LogP contribution in [0.4, 0.5) is 0 Å². The summed E-state index contributed by atoms with van der Waals surface area (Å²) >= 11 is 0. The minimum absolute atomic E-state index is 0.191. The van der Waals surface area contributed by atoms with E-state index in [4.69, 9.17) is 10.8 Å². The number of hydrogen-bond acceptors (Lipinski definition) is 2. The van der Waals surface area contributed by atoms with Crippen LogP contribution in [0.2, 0.25) is 0 Å². The molecule has 0 aliphatic rings. The summed E-state index contributed by atoms with van der Waals surface area (Å²) in [5.41, 5.74) is 5.08. The molecule has 20 heavy (non-hydrogen) atoms. The number of amides is 1. The Hall–Kier alpha value is -1.01. The average molecular weight is 281 g/mol. The van der Waals surface area contributed by atoms with Crippen LogP contribution in [0.5, 0.6) is 0 Å². The standard InChI is InChI=1S/C17H31NO2/c1-16(15-19)13-11-9-7-5-3-2-4-6-8-10-12-14-17(18)20/h16,19H,2,4,6-15H2,1H3,(H2,18,20). The van der Waals surface area contributed by atoms with Crippen molar-refractivity contribution in [2.75, 3.05) is 6.61 Å². The highest BCUT2D eigenvalue weighted by Crippen LogP contribution is 2.08. The van der Waals surface area contributed by atoms with Crippen molar-refractivity contribution in [2.45, 2.75) is 77.6 Å². The van der Waals surface area contributed by atoms with Crippen molar-refractivity contribution >= 4 is 5.91 Å². The van der Waals surface area contributed by atoms with Gasteiger partial charge >= 0.3 is 0 Å². The lowest BCUT2D eigenvalue weighted by atomic mass is 10.0. The molecule has 0 aliphatic carbocycles. The molecule has 1 atom stereocenters. The third-order valence-corrected chi connectivity index (χ3v) is 3.41. The summed E-state index contributed by atoms with van der Waals surface area (Å²) in [6, 6.07) is 0. The number of rotatable bonds is 12. The van der Waals surface area contributed by atoms with Crippen LogP contribution >= 0.6 is 0 Å². The van der Waals surface area contributed by atoms with Crippen molar-refractivity contribution in [1.82, 2.24) is 0 Å². The predicted molar refractivity (Wildman–Crippen MR) is 84.0 cm³/mol. The third kappa shape index (κ3) is 15.0. The summed E-state index contributed by atoms with van der Waals surface area (Å²) in [5.74, 6) is 6.68. The molecule has 0 aromatic rings. The molecule has 116 valence electrons. The van der Waals surface area contributed by atoms with Gasteiger partial charge in [-0.1, -0.05) is 32.6 Å². The zero-order valence-electron chi connectivity index (χ0n) is 13.0. The van der Waals surface area contributed by atoms with Crippen LogP contribution in [0.3, 0.4) is 0 Å². The van der Waals surface area contributed by atoms with Crippen LogP contribution in [0.25, 0.3) is 0 Å². The molecule has 0 aliphatic heterocycles. The van der Waals surface area contributed by atoms with Gasteiger partial charge in [0.2, 0.25) is 5.91 Å². The van der Waals surface area contributed by atoms with Gasteiger partial charge in [0.15, 0.2) is 0 Å². The molecule has 0 bridgehead atoms. The normalized spacial score (nSPS) is 11.7. The van der Waals surface area contributed by atoms with E-state index in [1.165, 1.54) is 12.8 Å². The second kappa shape index (κ2) is 14.4. The van der Waals surface area contributed by atoms with Crippen molar-refractivity contribution in [3.63, 3.8) is 0 Å². The Balaban J connectivity index is 3.19. The first-order chi connectivity index (χ1) is 9.66. The summed E-state index contributed by atoms with van der Waals surface area (Å²) in [6.45, 7) is 2.38. The molecule has 3 N–H and O–H groups in total. The topological polar surface area (TPSA) is 63.3 Å². The highest BCUT2D eigenvalue weighted by Gasteiger charge is 1.98. The van der Waals surface area contributed by atoms with E-state index in [0.717, 1.165) is 51.4 Å². The lowest BCUT2D eigenvalue weighted by Gasteiger charge is -2.04. The molecule has 0 heterocycles. The van der Waals surface area contributed by atoms with E-state index < -0.39 is 0 Å². The van der Waals surface area contributed by atoms with Gasteiger partial charge in [-0.05, 0) is 31.6 Å². The van der Waals surface area contributed by atoms with Crippen molar-refractivity contribution in [2.24, 2.45) is 11.7 Å². The van der Waals surface area contributed by atoms with Gasteiger partial charge in [-0.25, -0.2) is 0 Å². The first-order valence-corrected chi connectivity index (χ1v) is 8.01. The van der Waals surface area contributed by atoms with Gasteiger partial charge in [0.25, 0.3) is 0 Å². The smallest absolute Gasteiger partial charge is 0.217 e. The van der Waals surface area contributed by atoms with Crippen LogP contribution in [-0.2, 0) is 4.79 Å². The molecule has 0 aromatic carbocycles. The van der Waals surface area contributed by atoms with Crippen molar-refractivity contribution in [1.29, 1.82) is 0 Å². The Labute approximate surface area is 124 Å². The molecule has 0 saturated heterocycles. The number of aliphatic hydroxyl groups excluding tert-OH is 1. The molecule has 0 saturated carbocycles. The highest BCUT2D eigenvalue weighted by molar-refractivity contribution is 5.73. The monoisotopic (exact) mass is 281 g/mol. The molecule has 3 heteroatoms. The number of carbonyl (C=O) groups is 1. The van der Waals surface area contributed by atoms with Crippen molar-refractivity contribution in [3.05, 3.63) is 0 Å². The Morgan fingerprint density at radius 3 is 2.15 bits per heavy atom. The molecule has 3 nitrogen and oxygen atoms in total. The van der Waals surface area contributed by atoms with E-state index in [0.29, 0.717) is 18.9 Å². The average Bonchev–Trinajstić information content (AvgIpc) is 2.43. The number of carbonyl (C=O) groups excluding carboxylic acids is 1. The Morgan fingerprint density at radius 1 is 1.00 bits per heavy atom. The lowest BCUT2D eigenvalue weighted by Crippen LogP contribution is -2.09. The number of nitrogens with two attached hydrogens (primary N) is 1. The Kier molecular flexibility index (Phi) is 13.7. The maximum Gasteiger partial charge on any atom is 0.217 e. The van der Waals surface area contributed by atoms with Gasteiger partial charge in [0.05, 0.1) is 0 Å². The van der Waals surface area contributed by atoms with Crippen molar-refractivity contribution in [3.8, 4) is 11.8 Å². The van der Waals surface area contributed by atoms with Crippen LogP contribution in [-0.4, -0.2) is 17.6 Å². The largest absolute Gasteiger partial charge is 0.396 e. The first-order valence-electron chi connectivity index (χ1n) is 8.01. The highest BCUT2D eigenvalue weighted by atomic mass is 16.3. The molecular formula is C17H31NO2. The Bertz CT molecular complexity index is 291. The fourth-order valence-corrected chi connectivity index (χ4v) is 2.02. The zero-order valence-corrected chi connectivity index (χ0v) is 13.0. The Morgan fingerprint density at radius 2 is 1.55 bits per heavy atom. The molecule has 1 amide bonds. The second-order valence-electron chi connectivity index (χ2n) is 5.62. The summed E-state index contributed by atoms with van der Waals surface area (Å²) in [5, 5.41) is 8.89. The second-order valence-corrected chi connectivity index (χ2v) is 5.62. The summed E-state index contributed by atoms with van der Waals surface area (Å²) < 4.78 is 0. The number of aliphatic hydroxyl groups is 1. The predicted octanol–water partition coefficient (Wildman–Crippen LogP) is 3.39. The van der Waals surface area contributed by atoms with Crippen LogP contribution < -0.4 is 5.73 Å². The molecule has 0 spiro atoms. The van der Waals surface area contributed by atoms with Crippen LogP contribution in [0.15, 0.2) is 0 Å². The lowest BCUT2D eigenvalue weighted by molar-refractivity contribution is -0.118. The molecule has 0 rings (SSSR count). The van der Waals surface area contributed by atoms with E-state index in [1.807, 2.05) is 0 Å². The molecule has 1 unspecified atom stereocenters. The van der Waals surface area contributed by atoms with Gasteiger partial charge in [0, 0.05) is 25.9 Å². The maximum atomic E-state index is 10.5. The van der Waals surface area contributed by atoms with Crippen LogP contribution in [0, 0.1) is 17.8 Å². The number of unbranched alkanes of at least 4 members (excludes halogenated alkanes) is 7. The fraction of sp³-hybridized carbons (Fsp3) is 0.824. The van der Waals surface area contributed by atoms with E-state index in [-0.39, 0.29) is 5.91 Å². The molecular weight excluding hydrogens is 250 g/mol. The van der Waals surface area contributed by atoms with Crippen molar-refractivity contribution < 1.29 is 9.90 Å². The zero-order chi connectivity index (χ0) is 15.1. The summed E-state index contributed by atoms with van der Waals surface area (Å²) in [4.78, 5) is 10.5. The molecule has 0 aromatic heterocycles. The van der Waals surface area contributed by atoms with Gasteiger partial charge in [-0.15, -0.1) is 11.8 Å². The van der Waals surface area contributed by atoms with Gasteiger partial charge in [-0.3, -0.25) is 4.79 Å². The third-order valence-electron chi connectivity index (χ3n) is 3.41. The minimum Gasteiger partial charge on any atom is -0.396 e. The summed E-state index contributed by atoms with van der Waals surface area (Å²) in [7, 11) is 0. The van der Waals surface area contributed by atoms with E-state index in [2.05, 4.69) is 18.8 Å². The quantitative estimate of drug-likeness (QED) is 0.425. The first kappa shape index (κ1) is 19.0. The number of primary amides is 1. The van der Waals surface area contributed by atoms with Gasteiger partial charge in [0.1, 0.15) is 0 Å². The molecule has 0 radical (unpaired) electrons. The SMILES string of the molecule is CC(CO)CCCCC#CCCCCCCCC(N)=O. The maximum absolute atomic E-state index is 10.5.